The molecule has 1 aromatic rings. The molecule has 7 heteroatoms. The van der Waals surface area contributed by atoms with Crippen LogP contribution in [0.2, 0.25) is 0 Å². The Morgan fingerprint density at radius 3 is 2.92 bits per heavy atom. The Kier molecular flexibility index (Phi) is 6.51. The minimum Gasteiger partial charge on any atom is -0.337 e. The molecule has 134 valence electrons. The number of aromatic nitrogens is 2. The highest BCUT2D eigenvalue weighted by molar-refractivity contribution is 5.92. The van der Waals surface area contributed by atoms with Crippen LogP contribution in [0.25, 0.3) is 0 Å². The molecule has 2 heterocycles. The quantitative estimate of drug-likeness (QED) is 0.787. The van der Waals surface area contributed by atoms with E-state index in [2.05, 4.69) is 10.3 Å². The topological polar surface area (TPSA) is 93.2 Å². The number of rotatable bonds is 6. The third-order valence-electron chi connectivity index (χ3n) is 4.44. The molecule has 1 aliphatic heterocycles. The van der Waals surface area contributed by atoms with Gasteiger partial charge in [-0.1, -0.05) is 13.8 Å². The van der Waals surface area contributed by atoms with E-state index in [0.29, 0.717) is 31.8 Å². The maximum Gasteiger partial charge on any atom is 0.240 e. The van der Waals surface area contributed by atoms with Gasteiger partial charge in [-0.05, 0) is 31.7 Å². The average Bonchev–Trinajstić information content (AvgIpc) is 2.79. The molecule has 0 saturated carbocycles. The van der Waals surface area contributed by atoms with Crippen molar-refractivity contribution in [3.63, 3.8) is 0 Å². The zero-order valence-electron chi connectivity index (χ0n) is 14.9. The lowest BCUT2D eigenvalue weighted by Gasteiger charge is -2.32. The molecule has 0 spiro atoms. The summed E-state index contributed by atoms with van der Waals surface area (Å²) in [6.45, 7) is 5.48. The molecule has 1 aliphatic rings. The number of nitrogens with one attached hydrogen (secondary N) is 1. The number of amides is 1. The summed E-state index contributed by atoms with van der Waals surface area (Å²) in [5.41, 5.74) is 6.13. The first-order valence-corrected chi connectivity index (χ1v) is 8.65. The van der Waals surface area contributed by atoms with Crippen molar-refractivity contribution in [2.45, 2.75) is 51.7 Å². The van der Waals surface area contributed by atoms with E-state index in [-0.39, 0.29) is 11.7 Å². The van der Waals surface area contributed by atoms with Crippen LogP contribution in [-0.2, 0) is 23.2 Å². The number of ketones is 1. The second kappa shape index (κ2) is 8.39. The van der Waals surface area contributed by atoms with Crippen molar-refractivity contribution >= 4 is 11.7 Å². The fourth-order valence-corrected chi connectivity index (χ4v) is 3.11. The van der Waals surface area contributed by atoms with Gasteiger partial charge in [-0.15, -0.1) is 0 Å². The Bertz CT molecular complexity index is 569. The maximum absolute atomic E-state index is 13.0. The predicted molar refractivity (Wildman–Crippen MR) is 92.1 cm³/mol. The average molecular weight is 335 g/mol. The third kappa shape index (κ3) is 4.64. The Morgan fingerprint density at radius 2 is 2.29 bits per heavy atom. The van der Waals surface area contributed by atoms with Crippen LogP contribution < -0.4 is 11.1 Å². The molecule has 7 nitrogen and oxygen atoms in total. The minimum absolute atomic E-state index is 0.0480. The van der Waals surface area contributed by atoms with Crippen LogP contribution in [0.1, 0.15) is 38.9 Å². The van der Waals surface area contributed by atoms with Gasteiger partial charge < -0.3 is 20.5 Å². The molecule has 1 saturated heterocycles. The van der Waals surface area contributed by atoms with Gasteiger partial charge in [0.25, 0.3) is 0 Å². The van der Waals surface area contributed by atoms with Crippen molar-refractivity contribution in [3.05, 3.63) is 18.2 Å². The predicted octanol–water partition coefficient (Wildman–Crippen LogP) is 0.443. The molecule has 0 bridgehead atoms. The number of Topliss-reactive ketones (excluding diaryl/α,β-unsaturated/α-hetero) is 1. The molecule has 0 radical (unpaired) electrons. The number of hydrogen-bond donors (Lipinski definition) is 2. The Hall–Kier alpha value is -1.73. The van der Waals surface area contributed by atoms with Crippen molar-refractivity contribution in [3.8, 4) is 0 Å². The van der Waals surface area contributed by atoms with Crippen LogP contribution in [0, 0.1) is 5.92 Å². The van der Waals surface area contributed by atoms with Gasteiger partial charge in [0.2, 0.25) is 5.91 Å². The standard InChI is InChI=1S/C17H29N5O2/c1-12(2)9-13(18)17(24)22(11-16-20-7-8-21(16)3)14-5-4-6-19-10-15(14)23/h7-8,12-14,19H,4-6,9-11,18H2,1-3H3/t13-,14?/m0/s1. The molecule has 1 aromatic heterocycles. The number of nitrogens with two attached hydrogens (primary N) is 1. The van der Waals surface area contributed by atoms with Gasteiger partial charge in [-0.3, -0.25) is 9.59 Å². The van der Waals surface area contributed by atoms with E-state index >= 15 is 0 Å². The lowest BCUT2D eigenvalue weighted by Crippen LogP contribution is -2.52. The second-order valence-electron chi connectivity index (χ2n) is 6.96. The molecule has 2 atom stereocenters. The summed E-state index contributed by atoms with van der Waals surface area (Å²) in [6, 6.07) is -1.02. The number of carbonyl (C=O) groups excluding carboxylic acids is 2. The van der Waals surface area contributed by atoms with Crippen molar-refractivity contribution in [2.24, 2.45) is 18.7 Å². The molecule has 0 aliphatic carbocycles. The molecule has 1 amide bonds. The van der Waals surface area contributed by atoms with Crippen LogP contribution in [0.5, 0.6) is 0 Å². The maximum atomic E-state index is 13.0. The fourth-order valence-electron chi connectivity index (χ4n) is 3.11. The van der Waals surface area contributed by atoms with Gasteiger partial charge in [-0.25, -0.2) is 4.98 Å². The van der Waals surface area contributed by atoms with E-state index in [1.807, 2.05) is 31.7 Å². The lowest BCUT2D eigenvalue weighted by molar-refractivity contribution is -0.141. The minimum atomic E-state index is -0.589. The molecule has 24 heavy (non-hydrogen) atoms. The summed E-state index contributed by atoms with van der Waals surface area (Å²) < 4.78 is 1.87. The summed E-state index contributed by atoms with van der Waals surface area (Å²) in [6.07, 6.45) is 5.66. The number of hydrogen-bond acceptors (Lipinski definition) is 5. The summed E-state index contributed by atoms with van der Waals surface area (Å²) >= 11 is 0. The highest BCUT2D eigenvalue weighted by Gasteiger charge is 2.33. The van der Waals surface area contributed by atoms with Gasteiger partial charge in [0, 0.05) is 19.4 Å². The van der Waals surface area contributed by atoms with E-state index in [1.54, 1.807) is 11.1 Å². The van der Waals surface area contributed by atoms with Gasteiger partial charge in [0.05, 0.1) is 25.2 Å². The normalized spacial score (nSPS) is 20.0. The van der Waals surface area contributed by atoms with E-state index in [1.165, 1.54) is 0 Å². The van der Waals surface area contributed by atoms with Crippen LogP contribution in [-0.4, -0.2) is 51.3 Å². The van der Waals surface area contributed by atoms with Crippen molar-refractivity contribution in [1.82, 2.24) is 19.8 Å². The summed E-state index contributed by atoms with van der Waals surface area (Å²) in [5.74, 6) is 0.967. The first-order chi connectivity index (χ1) is 11.4. The van der Waals surface area contributed by atoms with E-state index in [0.717, 1.165) is 18.8 Å². The largest absolute Gasteiger partial charge is 0.337 e. The zero-order chi connectivity index (χ0) is 17.7. The number of carbonyl (C=O) groups is 2. The van der Waals surface area contributed by atoms with Crippen molar-refractivity contribution in [1.29, 1.82) is 0 Å². The van der Waals surface area contributed by atoms with Crippen LogP contribution in [0.4, 0.5) is 0 Å². The Balaban J connectivity index is 2.24. The number of nitrogens with zero attached hydrogens (tertiary/aromatic N) is 3. The second-order valence-corrected chi connectivity index (χ2v) is 6.96. The van der Waals surface area contributed by atoms with Crippen LogP contribution >= 0.6 is 0 Å². The Morgan fingerprint density at radius 1 is 1.54 bits per heavy atom. The van der Waals surface area contributed by atoms with E-state index in [9.17, 15) is 9.59 Å². The highest BCUT2D eigenvalue weighted by Crippen LogP contribution is 2.17. The van der Waals surface area contributed by atoms with Gasteiger partial charge >= 0.3 is 0 Å². The molecule has 1 fully saturated rings. The van der Waals surface area contributed by atoms with Gasteiger partial charge in [0.1, 0.15) is 5.82 Å². The third-order valence-corrected chi connectivity index (χ3v) is 4.44. The van der Waals surface area contributed by atoms with E-state index < -0.39 is 12.1 Å². The molecule has 0 aromatic carbocycles. The number of imidazole rings is 1. The van der Waals surface area contributed by atoms with Gasteiger partial charge in [-0.2, -0.15) is 0 Å². The van der Waals surface area contributed by atoms with Gasteiger partial charge in [0.15, 0.2) is 5.78 Å². The molecule has 3 N–H and O–H groups in total. The molecule has 1 unspecified atom stereocenters. The highest BCUT2D eigenvalue weighted by atomic mass is 16.2. The van der Waals surface area contributed by atoms with Crippen molar-refractivity contribution < 1.29 is 9.59 Å². The SMILES string of the molecule is CC(C)C[C@H](N)C(=O)N(Cc1nccn1C)C1CCCNCC1=O. The molecular formula is C17H29N5O2. The smallest absolute Gasteiger partial charge is 0.240 e. The van der Waals surface area contributed by atoms with Crippen LogP contribution in [0.3, 0.4) is 0 Å². The van der Waals surface area contributed by atoms with E-state index in [4.69, 9.17) is 5.73 Å². The van der Waals surface area contributed by atoms with Crippen molar-refractivity contribution in [2.75, 3.05) is 13.1 Å². The lowest BCUT2D eigenvalue weighted by atomic mass is 10.0. The molecular weight excluding hydrogens is 306 g/mol. The van der Waals surface area contributed by atoms with Crippen LogP contribution in [0.15, 0.2) is 12.4 Å². The summed E-state index contributed by atoms with van der Waals surface area (Å²) in [4.78, 5) is 31.4. The summed E-state index contributed by atoms with van der Waals surface area (Å²) in [7, 11) is 1.88. The monoisotopic (exact) mass is 335 g/mol. The first-order valence-electron chi connectivity index (χ1n) is 8.65. The summed E-state index contributed by atoms with van der Waals surface area (Å²) in [5, 5.41) is 3.11. The first kappa shape index (κ1) is 18.6. The zero-order valence-corrected chi connectivity index (χ0v) is 14.9. The molecule has 2 rings (SSSR count). The fraction of sp³-hybridized carbons (Fsp3) is 0.706. The Labute approximate surface area is 143 Å². The number of aryl methyl sites for hydroxylation is 1.